The first-order chi connectivity index (χ1) is 8.69. The maximum Gasteiger partial charge on any atom is 0.243 e. The third-order valence-corrected chi connectivity index (χ3v) is 5.41. The van der Waals surface area contributed by atoms with Gasteiger partial charge in [-0.3, -0.25) is 0 Å². The number of benzene rings is 1. The molecular formula is C11H14BrCl2NO3S. The standard InChI is InChI=1S/C11H14BrCl2NO3S/c1-6(2)10(5-16)15-19(17,18)11-8(13)3-7(12)4-9(11)14/h3-4,6,10,15-16H,5H2,1-2H3. The smallest absolute Gasteiger partial charge is 0.243 e. The van der Waals surface area contributed by atoms with Gasteiger partial charge < -0.3 is 5.11 Å². The first-order valence-electron chi connectivity index (χ1n) is 5.46. The molecule has 1 rings (SSSR count). The third kappa shape index (κ3) is 4.31. The Bertz CT molecular complexity index is 540. The van der Waals surface area contributed by atoms with E-state index < -0.39 is 16.1 Å². The van der Waals surface area contributed by atoms with E-state index in [1.165, 1.54) is 12.1 Å². The predicted octanol–water partition coefficient (Wildman–Crippen LogP) is 3.05. The van der Waals surface area contributed by atoms with Crippen LogP contribution < -0.4 is 4.72 Å². The van der Waals surface area contributed by atoms with Gasteiger partial charge in [-0.2, -0.15) is 0 Å². The topological polar surface area (TPSA) is 66.4 Å². The minimum atomic E-state index is -3.89. The lowest BCUT2D eigenvalue weighted by Crippen LogP contribution is -2.41. The van der Waals surface area contributed by atoms with Crippen LogP contribution in [0.3, 0.4) is 0 Å². The molecule has 19 heavy (non-hydrogen) atoms. The predicted molar refractivity (Wildman–Crippen MR) is 80.2 cm³/mol. The van der Waals surface area contributed by atoms with Crippen molar-refractivity contribution in [1.82, 2.24) is 4.72 Å². The molecule has 0 spiro atoms. The fourth-order valence-electron chi connectivity index (χ4n) is 1.43. The van der Waals surface area contributed by atoms with E-state index in [0.717, 1.165) is 0 Å². The monoisotopic (exact) mass is 389 g/mol. The van der Waals surface area contributed by atoms with E-state index in [9.17, 15) is 13.5 Å². The second kappa shape index (κ2) is 6.74. The van der Waals surface area contributed by atoms with Gasteiger partial charge in [0.15, 0.2) is 0 Å². The Hall–Kier alpha value is 0.150. The van der Waals surface area contributed by atoms with Crippen LogP contribution in [0.5, 0.6) is 0 Å². The van der Waals surface area contributed by atoms with Crippen molar-refractivity contribution in [3.63, 3.8) is 0 Å². The highest BCUT2D eigenvalue weighted by molar-refractivity contribution is 9.10. The highest BCUT2D eigenvalue weighted by Gasteiger charge is 2.26. The maximum absolute atomic E-state index is 12.3. The lowest BCUT2D eigenvalue weighted by atomic mass is 10.1. The van der Waals surface area contributed by atoms with Gasteiger partial charge in [0.1, 0.15) is 4.90 Å². The average Bonchev–Trinajstić information content (AvgIpc) is 2.23. The summed E-state index contributed by atoms with van der Waals surface area (Å²) in [6.45, 7) is 3.30. The molecule has 1 atom stereocenters. The van der Waals surface area contributed by atoms with Crippen LogP contribution in [0.4, 0.5) is 0 Å². The molecule has 1 aromatic rings. The molecule has 0 saturated heterocycles. The van der Waals surface area contributed by atoms with E-state index in [0.29, 0.717) is 4.47 Å². The zero-order valence-corrected chi connectivity index (χ0v) is 14.2. The van der Waals surface area contributed by atoms with Gasteiger partial charge in [0.05, 0.1) is 16.7 Å². The second-order valence-electron chi connectivity index (χ2n) is 4.35. The molecule has 0 bridgehead atoms. The molecule has 0 fully saturated rings. The van der Waals surface area contributed by atoms with Crippen molar-refractivity contribution < 1.29 is 13.5 Å². The molecular weight excluding hydrogens is 377 g/mol. The Morgan fingerprint density at radius 2 is 1.79 bits per heavy atom. The van der Waals surface area contributed by atoms with E-state index >= 15 is 0 Å². The minimum absolute atomic E-state index is 0.0207. The average molecular weight is 391 g/mol. The summed E-state index contributed by atoms with van der Waals surface area (Å²) in [6, 6.07) is 2.30. The van der Waals surface area contributed by atoms with E-state index in [1.54, 1.807) is 13.8 Å². The van der Waals surface area contributed by atoms with Gasteiger partial charge in [0.2, 0.25) is 10.0 Å². The number of aliphatic hydroxyl groups excluding tert-OH is 1. The molecule has 0 aliphatic carbocycles. The minimum Gasteiger partial charge on any atom is -0.395 e. The van der Waals surface area contributed by atoms with Crippen LogP contribution in [0.1, 0.15) is 13.8 Å². The van der Waals surface area contributed by atoms with Crippen LogP contribution in [-0.4, -0.2) is 26.2 Å². The SMILES string of the molecule is CC(C)C(CO)NS(=O)(=O)c1c(Cl)cc(Br)cc1Cl. The molecule has 0 heterocycles. The summed E-state index contributed by atoms with van der Waals surface area (Å²) >= 11 is 15.0. The van der Waals surface area contributed by atoms with Crippen LogP contribution in [0, 0.1) is 5.92 Å². The molecule has 0 aliphatic heterocycles. The number of rotatable bonds is 5. The van der Waals surface area contributed by atoms with Gasteiger partial charge in [-0.1, -0.05) is 53.0 Å². The molecule has 0 radical (unpaired) electrons. The zero-order chi connectivity index (χ0) is 14.8. The Balaban J connectivity index is 3.21. The number of halogens is 3. The summed E-state index contributed by atoms with van der Waals surface area (Å²) < 4.78 is 27.5. The van der Waals surface area contributed by atoms with E-state index in [2.05, 4.69) is 20.7 Å². The van der Waals surface area contributed by atoms with Crippen LogP contribution in [0.15, 0.2) is 21.5 Å². The summed E-state index contributed by atoms with van der Waals surface area (Å²) in [5, 5.41) is 9.23. The van der Waals surface area contributed by atoms with Crippen LogP contribution in [-0.2, 0) is 10.0 Å². The number of hydrogen-bond acceptors (Lipinski definition) is 3. The molecule has 0 amide bonds. The zero-order valence-electron chi connectivity index (χ0n) is 10.3. The third-order valence-electron chi connectivity index (χ3n) is 2.54. The summed E-state index contributed by atoms with van der Waals surface area (Å²) in [5.41, 5.74) is 0. The molecule has 4 nitrogen and oxygen atoms in total. The first kappa shape index (κ1) is 17.2. The molecule has 1 unspecified atom stereocenters. The molecule has 0 aliphatic rings. The number of hydrogen-bond donors (Lipinski definition) is 2. The highest BCUT2D eigenvalue weighted by Crippen LogP contribution is 2.32. The first-order valence-corrected chi connectivity index (χ1v) is 8.50. The van der Waals surface area contributed by atoms with E-state index in [-0.39, 0.29) is 27.5 Å². The van der Waals surface area contributed by atoms with Crippen molar-refractivity contribution >= 4 is 49.2 Å². The highest BCUT2D eigenvalue weighted by atomic mass is 79.9. The number of nitrogens with one attached hydrogen (secondary N) is 1. The van der Waals surface area contributed by atoms with Crippen molar-refractivity contribution in [2.24, 2.45) is 5.92 Å². The van der Waals surface area contributed by atoms with Gasteiger partial charge in [0.25, 0.3) is 0 Å². The van der Waals surface area contributed by atoms with Crippen LogP contribution >= 0.6 is 39.1 Å². The van der Waals surface area contributed by atoms with E-state index in [1.807, 2.05) is 0 Å². The molecule has 108 valence electrons. The quantitative estimate of drug-likeness (QED) is 0.811. The summed E-state index contributed by atoms with van der Waals surface area (Å²) in [4.78, 5) is -0.182. The Morgan fingerprint density at radius 1 is 1.32 bits per heavy atom. The van der Waals surface area contributed by atoms with Crippen molar-refractivity contribution in [1.29, 1.82) is 0 Å². The van der Waals surface area contributed by atoms with E-state index in [4.69, 9.17) is 23.2 Å². The Morgan fingerprint density at radius 3 is 2.16 bits per heavy atom. The number of aliphatic hydroxyl groups is 1. The lowest BCUT2D eigenvalue weighted by Gasteiger charge is -2.20. The van der Waals surface area contributed by atoms with Crippen LogP contribution in [0.25, 0.3) is 0 Å². The largest absolute Gasteiger partial charge is 0.395 e. The van der Waals surface area contributed by atoms with Gasteiger partial charge in [0, 0.05) is 10.5 Å². The maximum atomic E-state index is 12.3. The molecule has 0 saturated carbocycles. The second-order valence-corrected chi connectivity index (χ2v) is 7.73. The number of sulfonamides is 1. The molecule has 1 aromatic carbocycles. The van der Waals surface area contributed by atoms with Gasteiger partial charge in [-0.05, 0) is 18.1 Å². The van der Waals surface area contributed by atoms with Gasteiger partial charge >= 0.3 is 0 Å². The van der Waals surface area contributed by atoms with Crippen molar-refractivity contribution in [2.45, 2.75) is 24.8 Å². The van der Waals surface area contributed by atoms with Crippen molar-refractivity contribution in [3.05, 3.63) is 26.7 Å². The van der Waals surface area contributed by atoms with Gasteiger partial charge in [-0.15, -0.1) is 0 Å². The fourth-order valence-corrected chi connectivity index (χ4v) is 4.74. The Labute approximate surface area is 131 Å². The van der Waals surface area contributed by atoms with Gasteiger partial charge in [-0.25, -0.2) is 13.1 Å². The fraction of sp³-hybridized carbons (Fsp3) is 0.455. The molecule has 2 N–H and O–H groups in total. The van der Waals surface area contributed by atoms with Crippen molar-refractivity contribution in [2.75, 3.05) is 6.61 Å². The molecule has 0 aromatic heterocycles. The normalized spacial score (nSPS) is 13.8. The lowest BCUT2D eigenvalue weighted by molar-refractivity contribution is 0.227. The van der Waals surface area contributed by atoms with Crippen LogP contribution in [0.2, 0.25) is 10.0 Å². The van der Waals surface area contributed by atoms with Crippen molar-refractivity contribution in [3.8, 4) is 0 Å². The summed E-state index contributed by atoms with van der Waals surface area (Å²) in [5.74, 6) is -0.0622. The summed E-state index contributed by atoms with van der Waals surface area (Å²) in [6.07, 6.45) is 0. The summed E-state index contributed by atoms with van der Waals surface area (Å²) in [7, 11) is -3.89. The Kier molecular flexibility index (Phi) is 6.10. The molecule has 8 heteroatoms.